The second-order valence-corrected chi connectivity index (χ2v) is 4.00. The van der Waals surface area contributed by atoms with Crippen LogP contribution in [-0.2, 0) is 0 Å². The van der Waals surface area contributed by atoms with Gasteiger partial charge in [-0.25, -0.2) is 14.2 Å². The van der Waals surface area contributed by atoms with Crippen LogP contribution in [0.5, 0.6) is 0 Å². The Morgan fingerprint density at radius 1 is 1.24 bits per heavy atom. The van der Waals surface area contributed by atoms with Gasteiger partial charge in [0.05, 0.1) is 5.56 Å². The van der Waals surface area contributed by atoms with Crippen molar-refractivity contribution in [1.29, 1.82) is 0 Å². The number of aromatic nitrogens is 1. The summed E-state index contributed by atoms with van der Waals surface area (Å²) in [6, 6.07) is 5.85. The molecule has 0 bridgehead atoms. The fourth-order valence-electron chi connectivity index (χ4n) is 1.67. The van der Waals surface area contributed by atoms with Crippen molar-refractivity contribution in [3.63, 3.8) is 0 Å². The zero-order chi connectivity index (χ0) is 15.2. The van der Waals surface area contributed by atoms with E-state index in [1.807, 2.05) is 0 Å². The number of carboxylic acid groups (broad SMARTS) is 1. The first-order valence-corrected chi connectivity index (χ1v) is 6.03. The number of carbonyl (C=O) groups is 2. The van der Waals surface area contributed by atoms with Crippen molar-refractivity contribution in [2.75, 3.05) is 13.1 Å². The minimum atomic E-state index is -1.18. The lowest BCUT2D eigenvalue weighted by atomic mass is 10.1. The van der Waals surface area contributed by atoms with Crippen LogP contribution >= 0.6 is 0 Å². The van der Waals surface area contributed by atoms with E-state index < -0.39 is 17.8 Å². The Labute approximate surface area is 118 Å². The average molecular weight is 293 g/mol. The summed E-state index contributed by atoms with van der Waals surface area (Å²) in [6.07, 6.45) is -0.135. The number of nitrogens with one attached hydrogen (secondary N) is 2. The predicted octanol–water partition coefficient (Wildman–Crippen LogP) is 1.48. The summed E-state index contributed by atoms with van der Waals surface area (Å²) in [5.41, 5.74) is 0.0687. The summed E-state index contributed by atoms with van der Waals surface area (Å²) in [4.78, 5) is 25.9. The lowest BCUT2D eigenvalue weighted by molar-refractivity contribution is 0.0949. The highest BCUT2D eigenvalue weighted by molar-refractivity contribution is 5.97. The molecule has 0 aliphatic carbocycles. The van der Waals surface area contributed by atoms with Crippen molar-refractivity contribution in [3.05, 3.63) is 42.2 Å². The van der Waals surface area contributed by atoms with Crippen LogP contribution in [0.1, 0.15) is 10.5 Å². The normalized spacial score (nSPS) is 10.1. The highest BCUT2D eigenvalue weighted by Gasteiger charge is 2.20. The van der Waals surface area contributed by atoms with Gasteiger partial charge >= 0.3 is 6.09 Å². The Kier molecular flexibility index (Phi) is 4.50. The topological polar surface area (TPSA) is 104 Å². The lowest BCUT2D eigenvalue weighted by Gasteiger charge is -2.05. The fourth-order valence-corrected chi connectivity index (χ4v) is 1.67. The molecule has 110 valence electrons. The van der Waals surface area contributed by atoms with Gasteiger partial charge < -0.3 is 20.2 Å². The molecule has 0 saturated carbocycles. The van der Waals surface area contributed by atoms with Crippen LogP contribution in [0.3, 0.4) is 0 Å². The van der Waals surface area contributed by atoms with E-state index in [1.165, 1.54) is 18.2 Å². The van der Waals surface area contributed by atoms with E-state index in [1.54, 1.807) is 6.07 Å². The van der Waals surface area contributed by atoms with Gasteiger partial charge in [0.25, 0.3) is 5.91 Å². The second-order valence-electron chi connectivity index (χ2n) is 4.00. The van der Waals surface area contributed by atoms with Gasteiger partial charge in [-0.05, 0) is 12.1 Å². The molecule has 1 aromatic heterocycles. The minimum absolute atomic E-state index is 0.0248. The smallest absolute Gasteiger partial charge is 0.404 e. The number of hydrogen-bond acceptors (Lipinski definition) is 4. The van der Waals surface area contributed by atoms with E-state index in [-0.39, 0.29) is 30.1 Å². The molecule has 0 unspecified atom stereocenters. The maximum absolute atomic E-state index is 13.7. The van der Waals surface area contributed by atoms with Gasteiger partial charge in [0, 0.05) is 13.1 Å². The molecular weight excluding hydrogens is 281 g/mol. The molecule has 1 heterocycles. The van der Waals surface area contributed by atoms with Gasteiger partial charge in [-0.15, -0.1) is 0 Å². The standard InChI is InChI=1S/C13H12FN3O4/c14-9-4-2-1-3-8(9)11-10(17-7-21-11)12(18)15-5-6-16-13(19)20/h1-4,7,16H,5-6H2,(H,15,18)(H,19,20). The van der Waals surface area contributed by atoms with Crippen molar-refractivity contribution < 1.29 is 23.5 Å². The molecule has 0 aliphatic rings. The molecule has 3 N–H and O–H groups in total. The van der Waals surface area contributed by atoms with Crippen molar-refractivity contribution >= 4 is 12.0 Å². The molecule has 7 nitrogen and oxygen atoms in total. The summed E-state index contributed by atoms with van der Waals surface area (Å²) in [5.74, 6) is -1.08. The molecule has 21 heavy (non-hydrogen) atoms. The summed E-state index contributed by atoms with van der Waals surface area (Å²) >= 11 is 0. The first-order chi connectivity index (χ1) is 10.1. The first kappa shape index (κ1) is 14.5. The molecule has 0 spiro atoms. The van der Waals surface area contributed by atoms with Gasteiger partial charge in [-0.2, -0.15) is 0 Å². The summed E-state index contributed by atoms with van der Waals surface area (Å²) in [7, 11) is 0. The first-order valence-electron chi connectivity index (χ1n) is 6.03. The van der Waals surface area contributed by atoms with Gasteiger partial charge in [-0.1, -0.05) is 12.1 Å². The van der Waals surface area contributed by atoms with Crippen molar-refractivity contribution in [1.82, 2.24) is 15.6 Å². The molecule has 0 fully saturated rings. The summed E-state index contributed by atoms with van der Waals surface area (Å²) in [6.45, 7) is 0.128. The third-order valence-corrected chi connectivity index (χ3v) is 2.59. The van der Waals surface area contributed by atoms with Gasteiger partial charge in [0.2, 0.25) is 0 Å². The van der Waals surface area contributed by atoms with E-state index in [9.17, 15) is 14.0 Å². The largest absolute Gasteiger partial charge is 0.465 e. The molecule has 8 heteroatoms. The third kappa shape index (κ3) is 3.56. The Morgan fingerprint density at radius 3 is 2.67 bits per heavy atom. The van der Waals surface area contributed by atoms with E-state index in [0.717, 1.165) is 6.39 Å². The number of benzene rings is 1. The summed E-state index contributed by atoms with van der Waals surface area (Å²) < 4.78 is 18.8. The molecule has 1 aromatic carbocycles. The maximum atomic E-state index is 13.7. The van der Waals surface area contributed by atoms with Crippen LogP contribution in [0.4, 0.5) is 9.18 Å². The Bertz CT molecular complexity index is 656. The number of hydrogen-bond donors (Lipinski definition) is 3. The molecular formula is C13H12FN3O4. The number of halogens is 1. The molecule has 2 aromatic rings. The lowest BCUT2D eigenvalue weighted by Crippen LogP contribution is -2.34. The van der Waals surface area contributed by atoms with E-state index >= 15 is 0 Å². The monoisotopic (exact) mass is 293 g/mol. The van der Waals surface area contributed by atoms with Crippen molar-refractivity contribution in [2.24, 2.45) is 0 Å². The van der Waals surface area contributed by atoms with E-state index in [2.05, 4.69) is 15.6 Å². The Morgan fingerprint density at radius 2 is 1.95 bits per heavy atom. The van der Waals surface area contributed by atoms with Gasteiger partial charge in [0.1, 0.15) is 5.82 Å². The van der Waals surface area contributed by atoms with Crippen LogP contribution in [0.15, 0.2) is 35.1 Å². The van der Waals surface area contributed by atoms with Crippen molar-refractivity contribution in [3.8, 4) is 11.3 Å². The van der Waals surface area contributed by atoms with Crippen LogP contribution in [-0.4, -0.2) is 35.2 Å². The molecule has 2 amide bonds. The Balaban J connectivity index is 2.08. The zero-order valence-corrected chi connectivity index (χ0v) is 10.8. The van der Waals surface area contributed by atoms with Crippen LogP contribution in [0.2, 0.25) is 0 Å². The number of amides is 2. The molecule has 2 rings (SSSR count). The highest BCUT2D eigenvalue weighted by atomic mass is 19.1. The average Bonchev–Trinajstić information content (AvgIpc) is 2.93. The Hall–Kier alpha value is -2.90. The quantitative estimate of drug-likeness (QED) is 0.724. The van der Waals surface area contributed by atoms with Gasteiger partial charge in [-0.3, -0.25) is 4.79 Å². The number of nitrogens with zero attached hydrogens (tertiary/aromatic N) is 1. The van der Waals surface area contributed by atoms with Crippen molar-refractivity contribution in [2.45, 2.75) is 0 Å². The van der Waals surface area contributed by atoms with E-state index in [0.29, 0.717) is 0 Å². The molecule has 0 saturated heterocycles. The minimum Gasteiger partial charge on any atom is -0.465 e. The predicted molar refractivity (Wildman–Crippen MR) is 70.3 cm³/mol. The zero-order valence-electron chi connectivity index (χ0n) is 10.8. The second kappa shape index (κ2) is 6.51. The van der Waals surface area contributed by atoms with Crippen LogP contribution in [0.25, 0.3) is 11.3 Å². The molecule has 0 atom stereocenters. The van der Waals surface area contributed by atoms with E-state index in [4.69, 9.17) is 9.52 Å². The highest BCUT2D eigenvalue weighted by Crippen LogP contribution is 2.25. The number of carbonyl (C=O) groups excluding carboxylic acids is 1. The number of rotatable bonds is 5. The third-order valence-electron chi connectivity index (χ3n) is 2.59. The van der Waals surface area contributed by atoms with Gasteiger partial charge in [0.15, 0.2) is 17.8 Å². The fraction of sp³-hybridized carbons (Fsp3) is 0.154. The molecule has 0 aliphatic heterocycles. The number of oxazole rings is 1. The van der Waals surface area contributed by atoms with Crippen LogP contribution < -0.4 is 10.6 Å². The van der Waals surface area contributed by atoms with Crippen LogP contribution in [0, 0.1) is 5.82 Å². The summed E-state index contributed by atoms with van der Waals surface area (Å²) in [5, 5.41) is 13.0. The SMILES string of the molecule is O=C(O)NCCNC(=O)c1ncoc1-c1ccccc1F. The maximum Gasteiger partial charge on any atom is 0.404 e. The molecule has 0 radical (unpaired) electrons.